The molecule has 4 heteroatoms. The SMILES string of the molecule is Cc1cccc(NC(=O)CCC2CCCO2)c1Br. The van der Waals surface area contributed by atoms with Gasteiger partial charge in [0.05, 0.1) is 11.8 Å². The summed E-state index contributed by atoms with van der Waals surface area (Å²) in [4.78, 5) is 11.8. The molecule has 1 amide bonds. The molecule has 0 radical (unpaired) electrons. The Kier molecular flexibility index (Phi) is 4.78. The van der Waals surface area contributed by atoms with Gasteiger partial charge in [0.1, 0.15) is 0 Å². The highest BCUT2D eigenvalue weighted by molar-refractivity contribution is 9.10. The second-order valence-electron chi connectivity index (χ2n) is 4.66. The second kappa shape index (κ2) is 6.34. The zero-order valence-corrected chi connectivity index (χ0v) is 12.1. The Morgan fingerprint density at radius 2 is 2.39 bits per heavy atom. The number of hydrogen-bond donors (Lipinski definition) is 1. The van der Waals surface area contributed by atoms with Crippen LogP contribution in [0.4, 0.5) is 5.69 Å². The van der Waals surface area contributed by atoms with Crippen LogP contribution in [-0.4, -0.2) is 18.6 Å². The van der Waals surface area contributed by atoms with Crippen LogP contribution in [-0.2, 0) is 9.53 Å². The van der Waals surface area contributed by atoms with E-state index in [1.54, 1.807) is 0 Å². The molecule has 0 saturated carbocycles. The minimum absolute atomic E-state index is 0.0526. The van der Waals surface area contributed by atoms with Crippen molar-refractivity contribution in [2.24, 2.45) is 0 Å². The van der Waals surface area contributed by atoms with Gasteiger partial charge in [0.2, 0.25) is 5.91 Å². The predicted molar refractivity (Wildman–Crippen MR) is 75.7 cm³/mol. The van der Waals surface area contributed by atoms with Crippen LogP contribution < -0.4 is 5.32 Å². The summed E-state index contributed by atoms with van der Waals surface area (Å²) < 4.78 is 6.46. The van der Waals surface area contributed by atoms with E-state index < -0.39 is 0 Å². The Morgan fingerprint density at radius 3 is 3.11 bits per heavy atom. The number of halogens is 1. The first-order chi connectivity index (χ1) is 8.66. The van der Waals surface area contributed by atoms with E-state index in [4.69, 9.17) is 4.74 Å². The zero-order chi connectivity index (χ0) is 13.0. The number of ether oxygens (including phenoxy) is 1. The van der Waals surface area contributed by atoms with Crippen LogP contribution in [0.2, 0.25) is 0 Å². The molecule has 1 aromatic carbocycles. The van der Waals surface area contributed by atoms with Crippen LogP contribution in [0.1, 0.15) is 31.2 Å². The van der Waals surface area contributed by atoms with Gasteiger partial charge in [0, 0.05) is 17.5 Å². The van der Waals surface area contributed by atoms with Gasteiger partial charge < -0.3 is 10.1 Å². The van der Waals surface area contributed by atoms with Crippen LogP contribution in [0.15, 0.2) is 22.7 Å². The normalized spacial score (nSPS) is 18.9. The number of carbonyl (C=O) groups excluding carboxylic acids is 1. The molecule has 1 aliphatic heterocycles. The largest absolute Gasteiger partial charge is 0.378 e. The zero-order valence-electron chi connectivity index (χ0n) is 10.5. The maximum atomic E-state index is 11.8. The number of carbonyl (C=O) groups is 1. The van der Waals surface area contributed by atoms with Crippen LogP contribution in [0.25, 0.3) is 0 Å². The molecule has 1 saturated heterocycles. The number of anilines is 1. The lowest BCUT2D eigenvalue weighted by atomic mass is 10.1. The van der Waals surface area contributed by atoms with E-state index in [2.05, 4.69) is 21.2 Å². The summed E-state index contributed by atoms with van der Waals surface area (Å²) in [5.41, 5.74) is 1.96. The summed E-state index contributed by atoms with van der Waals surface area (Å²) in [5, 5.41) is 2.93. The summed E-state index contributed by atoms with van der Waals surface area (Å²) in [6.45, 7) is 2.85. The van der Waals surface area contributed by atoms with Gasteiger partial charge in [0.25, 0.3) is 0 Å². The van der Waals surface area contributed by atoms with Gasteiger partial charge in [0.15, 0.2) is 0 Å². The Labute approximate surface area is 116 Å². The standard InChI is InChI=1S/C14H18BrNO2/c1-10-4-2-6-12(14(10)15)16-13(17)8-7-11-5-3-9-18-11/h2,4,6,11H,3,5,7-9H2,1H3,(H,16,17). The third-order valence-corrected chi connectivity index (χ3v) is 4.24. The number of aryl methyl sites for hydroxylation is 1. The van der Waals surface area contributed by atoms with Crippen molar-refractivity contribution >= 4 is 27.5 Å². The first-order valence-electron chi connectivity index (χ1n) is 6.33. The summed E-state index contributed by atoms with van der Waals surface area (Å²) >= 11 is 3.49. The van der Waals surface area contributed by atoms with Gasteiger partial charge in [-0.05, 0) is 53.7 Å². The van der Waals surface area contributed by atoms with Crippen LogP contribution in [0.3, 0.4) is 0 Å². The van der Waals surface area contributed by atoms with E-state index in [1.807, 2.05) is 25.1 Å². The molecule has 1 aliphatic rings. The van der Waals surface area contributed by atoms with Crippen molar-refractivity contribution in [1.82, 2.24) is 0 Å². The first kappa shape index (κ1) is 13.6. The van der Waals surface area contributed by atoms with E-state index in [9.17, 15) is 4.79 Å². The highest BCUT2D eigenvalue weighted by Crippen LogP contribution is 2.26. The highest BCUT2D eigenvalue weighted by Gasteiger charge is 2.17. The van der Waals surface area contributed by atoms with E-state index in [0.29, 0.717) is 6.42 Å². The van der Waals surface area contributed by atoms with Gasteiger partial charge >= 0.3 is 0 Å². The smallest absolute Gasteiger partial charge is 0.224 e. The second-order valence-corrected chi connectivity index (χ2v) is 5.45. The van der Waals surface area contributed by atoms with E-state index >= 15 is 0 Å². The van der Waals surface area contributed by atoms with Crippen molar-refractivity contribution in [3.05, 3.63) is 28.2 Å². The van der Waals surface area contributed by atoms with Gasteiger partial charge in [-0.3, -0.25) is 4.79 Å². The average molecular weight is 312 g/mol. The van der Waals surface area contributed by atoms with Crippen LogP contribution >= 0.6 is 15.9 Å². The van der Waals surface area contributed by atoms with Crippen molar-refractivity contribution in [1.29, 1.82) is 0 Å². The van der Waals surface area contributed by atoms with Crippen molar-refractivity contribution in [3.63, 3.8) is 0 Å². The maximum Gasteiger partial charge on any atom is 0.224 e. The molecule has 1 aromatic rings. The number of rotatable bonds is 4. The maximum absolute atomic E-state index is 11.8. The average Bonchev–Trinajstić information content (AvgIpc) is 2.86. The topological polar surface area (TPSA) is 38.3 Å². The van der Waals surface area contributed by atoms with Gasteiger partial charge in [-0.15, -0.1) is 0 Å². The van der Waals surface area contributed by atoms with Crippen molar-refractivity contribution < 1.29 is 9.53 Å². The minimum Gasteiger partial charge on any atom is -0.378 e. The van der Waals surface area contributed by atoms with Gasteiger partial charge in [-0.2, -0.15) is 0 Å². The fraction of sp³-hybridized carbons (Fsp3) is 0.500. The molecule has 98 valence electrons. The number of nitrogens with one attached hydrogen (secondary N) is 1. The number of hydrogen-bond acceptors (Lipinski definition) is 2. The van der Waals surface area contributed by atoms with Crippen LogP contribution in [0, 0.1) is 6.92 Å². The van der Waals surface area contributed by atoms with Crippen molar-refractivity contribution in [2.45, 2.75) is 38.7 Å². The molecule has 1 atom stereocenters. The van der Waals surface area contributed by atoms with E-state index in [-0.39, 0.29) is 12.0 Å². The minimum atomic E-state index is 0.0526. The Morgan fingerprint density at radius 1 is 1.56 bits per heavy atom. The number of benzene rings is 1. The third kappa shape index (κ3) is 3.56. The van der Waals surface area contributed by atoms with Gasteiger partial charge in [-0.1, -0.05) is 12.1 Å². The molecular formula is C14H18BrNO2. The Bertz CT molecular complexity index is 428. The van der Waals surface area contributed by atoms with E-state index in [0.717, 1.165) is 41.6 Å². The molecule has 1 N–H and O–H groups in total. The fourth-order valence-electron chi connectivity index (χ4n) is 2.12. The quantitative estimate of drug-likeness (QED) is 0.921. The molecule has 0 aromatic heterocycles. The van der Waals surface area contributed by atoms with E-state index in [1.165, 1.54) is 0 Å². The summed E-state index contributed by atoms with van der Waals surface area (Å²) in [7, 11) is 0. The van der Waals surface area contributed by atoms with Gasteiger partial charge in [-0.25, -0.2) is 0 Å². The molecular weight excluding hydrogens is 294 g/mol. The van der Waals surface area contributed by atoms with Crippen LogP contribution in [0.5, 0.6) is 0 Å². The summed E-state index contributed by atoms with van der Waals surface area (Å²) in [6.07, 6.45) is 3.81. The summed E-state index contributed by atoms with van der Waals surface area (Å²) in [6, 6.07) is 5.85. The molecule has 0 aliphatic carbocycles. The molecule has 0 spiro atoms. The first-order valence-corrected chi connectivity index (χ1v) is 7.12. The fourth-order valence-corrected chi connectivity index (χ4v) is 2.48. The monoisotopic (exact) mass is 311 g/mol. The molecule has 1 fully saturated rings. The molecule has 3 nitrogen and oxygen atoms in total. The molecule has 0 bridgehead atoms. The Hall–Kier alpha value is -0.870. The predicted octanol–water partition coefficient (Wildman–Crippen LogP) is 3.66. The Balaban J connectivity index is 1.84. The molecule has 1 unspecified atom stereocenters. The lowest BCUT2D eigenvalue weighted by molar-refractivity contribution is -0.116. The number of amides is 1. The lowest BCUT2D eigenvalue weighted by Crippen LogP contribution is -2.15. The van der Waals surface area contributed by atoms with Crippen molar-refractivity contribution in [2.75, 3.05) is 11.9 Å². The molecule has 18 heavy (non-hydrogen) atoms. The lowest BCUT2D eigenvalue weighted by Gasteiger charge is -2.11. The highest BCUT2D eigenvalue weighted by atomic mass is 79.9. The molecule has 1 heterocycles. The molecule has 2 rings (SSSR count). The summed E-state index contributed by atoms with van der Waals surface area (Å²) in [5.74, 6) is 0.0526. The third-order valence-electron chi connectivity index (χ3n) is 3.18. The van der Waals surface area contributed by atoms with Crippen molar-refractivity contribution in [3.8, 4) is 0 Å².